The monoisotopic (exact) mass is 250 g/mol. The Balaban J connectivity index is 2.66. The van der Waals surface area contributed by atoms with Crippen LogP contribution in [0.4, 0.5) is 0 Å². The van der Waals surface area contributed by atoms with Gasteiger partial charge < -0.3 is 0 Å². The Morgan fingerprint density at radius 3 is 2.37 bits per heavy atom. The summed E-state index contributed by atoms with van der Waals surface area (Å²) in [6, 6.07) is 0. The van der Waals surface area contributed by atoms with Crippen molar-refractivity contribution in [2.24, 2.45) is 9.98 Å². The largest absolute Gasteiger partial charge is 0.265 e. The highest BCUT2D eigenvalue weighted by atomic mass is 14.6. The molecule has 0 heterocycles. The van der Waals surface area contributed by atoms with Crippen LogP contribution in [-0.2, 0) is 0 Å². The van der Waals surface area contributed by atoms with Crippen LogP contribution in [-0.4, -0.2) is 12.4 Å². The molecule has 0 unspecified atom stereocenters. The van der Waals surface area contributed by atoms with Gasteiger partial charge in [0.1, 0.15) is 0 Å². The molecular formula is C17H18N2. The lowest BCUT2D eigenvalue weighted by Crippen LogP contribution is -1.74. The molecule has 0 bridgehead atoms. The fourth-order valence-corrected chi connectivity index (χ4v) is 1.27. The number of aliphatic imine (C=N–C) groups is 2. The molecule has 0 aromatic rings. The summed E-state index contributed by atoms with van der Waals surface area (Å²) in [6.45, 7) is 9.14. The van der Waals surface area contributed by atoms with Crippen LogP contribution in [0.1, 0.15) is 6.92 Å². The number of allylic oxidation sites excluding steroid dienone is 10. The van der Waals surface area contributed by atoms with E-state index < -0.39 is 0 Å². The first-order valence-corrected chi connectivity index (χ1v) is 6.00. The first-order chi connectivity index (χ1) is 9.27. The highest BCUT2D eigenvalue weighted by Gasteiger charge is 2.08. The predicted octanol–water partition coefficient (Wildman–Crippen LogP) is 4.34. The van der Waals surface area contributed by atoms with E-state index in [1.165, 1.54) is 23.5 Å². The van der Waals surface area contributed by atoms with Crippen molar-refractivity contribution in [3.8, 4) is 0 Å². The molecule has 1 aliphatic carbocycles. The van der Waals surface area contributed by atoms with Crippen LogP contribution in [0.25, 0.3) is 0 Å². The fourth-order valence-electron chi connectivity index (χ4n) is 1.27. The lowest BCUT2D eigenvalue weighted by molar-refractivity contribution is 1.59. The van der Waals surface area contributed by atoms with E-state index in [4.69, 9.17) is 0 Å². The van der Waals surface area contributed by atoms with Gasteiger partial charge in [-0.1, -0.05) is 37.5 Å². The van der Waals surface area contributed by atoms with Gasteiger partial charge in [0, 0.05) is 24.8 Å². The van der Waals surface area contributed by atoms with E-state index in [9.17, 15) is 0 Å². The number of hydrogen-bond donors (Lipinski definition) is 0. The predicted molar refractivity (Wildman–Crippen MR) is 85.6 cm³/mol. The van der Waals surface area contributed by atoms with Crippen molar-refractivity contribution in [3.05, 3.63) is 84.8 Å². The van der Waals surface area contributed by atoms with Crippen molar-refractivity contribution in [3.63, 3.8) is 0 Å². The van der Waals surface area contributed by atoms with Crippen LogP contribution in [0.3, 0.4) is 0 Å². The molecule has 0 radical (unpaired) electrons. The first-order valence-electron chi connectivity index (χ1n) is 6.00. The highest BCUT2D eigenvalue weighted by Crippen LogP contribution is 2.27. The van der Waals surface area contributed by atoms with Crippen molar-refractivity contribution >= 4 is 12.4 Å². The minimum absolute atomic E-state index is 1.08. The SMILES string of the molecule is C=CN=C/C=C/C=C\C(\C=C1C=C\1C)=C/C=NC=C. The highest BCUT2D eigenvalue weighted by molar-refractivity contribution is 5.76. The van der Waals surface area contributed by atoms with Gasteiger partial charge in [-0.05, 0) is 41.9 Å². The molecule has 2 heteroatoms. The summed E-state index contributed by atoms with van der Waals surface area (Å²) in [5.41, 5.74) is 3.69. The maximum absolute atomic E-state index is 3.96. The summed E-state index contributed by atoms with van der Waals surface area (Å²) >= 11 is 0. The van der Waals surface area contributed by atoms with Crippen molar-refractivity contribution in [2.75, 3.05) is 0 Å². The number of hydrogen-bond acceptors (Lipinski definition) is 2. The smallest absolute Gasteiger partial charge is 0.0273 e. The van der Waals surface area contributed by atoms with Gasteiger partial charge in [-0.25, -0.2) is 0 Å². The van der Waals surface area contributed by atoms with Crippen LogP contribution in [0.5, 0.6) is 0 Å². The molecule has 0 atom stereocenters. The van der Waals surface area contributed by atoms with Gasteiger partial charge in [0.2, 0.25) is 0 Å². The van der Waals surface area contributed by atoms with Crippen molar-refractivity contribution in [1.82, 2.24) is 0 Å². The van der Waals surface area contributed by atoms with Gasteiger partial charge in [-0.15, -0.1) is 0 Å². The molecule has 19 heavy (non-hydrogen) atoms. The Labute approximate surface area is 115 Å². The molecule has 0 spiro atoms. The van der Waals surface area contributed by atoms with E-state index in [1.54, 1.807) is 12.4 Å². The summed E-state index contributed by atoms with van der Waals surface area (Å²) in [6.07, 6.45) is 20.3. The molecule has 0 saturated carbocycles. The van der Waals surface area contributed by atoms with Gasteiger partial charge in [0.05, 0.1) is 0 Å². The third kappa shape index (κ3) is 6.74. The minimum Gasteiger partial charge on any atom is -0.265 e. The maximum Gasteiger partial charge on any atom is 0.0273 e. The summed E-state index contributed by atoms with van der Waals surface area (Å²) in [4.78, 5) is 7.83. The molecule has 0 aromatic heterocycles. The average Bonchev–Trinajstić information content (AvgIpc) is 3.09. The van der Waals surface area contributed by atoms with E-state index in [1.807, 2.05) is 30.4 Å². The normalized spacial score (nSPS) is 18.1. The molecule has 0 amide bonds. The summed E-state index contributed by atoms with van der Waals surface area (Å²) in [5, 5.41) is 0. The van der Waals surface area contributed by atoms with Crippen LogP contribution in [0, 0.1) is 0 Å². The van der Waals surface area contributed by atoms with Crippen molar-refractivity contribution in [2.45, 2.75) is 6.92 Å². The van der Waals surface area contributed by atoms with Gasteiger partial charge in [0.25, 0.3) is 0 Å². The number of rotatable bonds is 7. The van der Waals surface area contributed by atoms with E-state index in [0.29, 0.717) is 0 Å². The summed E-state index contributed by atoms with van der Waals surface area (Å²) < 4.78 is 0. The molecule has 1 rings (SSSR count). The van der Waals surface area contributed by atoms with Gasteiger partial charge in [-0.2, -0.15) is 0 Å². The van der Waals surface area contributed by atoms with Gasteiger partial charge >= 0.3 is 0 Å². The zero-order chi connectivity index (χ0) is 13.9. The van der Waals surface area contributed by atoms with Crippen LogP contribution >= 0.6 is 0 Å². The van der Waals surface area contributed by atoms with Crippen molar-refractivity contribution in [1.29, 1.82) is 0 Å². The van der Waals surface area contributed by atoms with Crippen molar-refractivity contribution < 1.29 is 0 Å². The molecule has 1 aliphatic rings. The molecule has 96 valence electrons. The lowest BCUT2D eigenvalue weighted by Gasteiger charge is -1.90. The molecule has 0 N–H and O–H groups in total. The van der Waals surface area contributed by atoms with Gasteiger partial charge in [0.15, 0.2) is 0 Å². The van der Waals surface area contributed by atoms with E-state index in [2.05, 4.69) is 42.2 Å². The third-order valence-electron chi connectivity index (χ3n) is 2.31. The molecular weight excluding hydrogens is 232 g/mol. The Hall–Kier alpha value is -2.48. The summed E-state index contributed by atoms with van der Waals surface area (Å²) in [7, 11) is 0. The zero-order valence-electron chi connectivity index (χ0n) is 11.2. The van der Waals surface area contributed by atoms with E-state index in [0.717, 1.165) is 5.57 Å². The third-order valence-corrected chi connectivity index (χ3v) is 2.31. The quantitative estimate of drug-likeness (QED) is 0.474. The first kappa shape index (κ1) is 14.6. The maximum atomic E-state index is 3.96. The molecule has 2 nitrogen and oxygen atoms in total. The van der Waals surface area contributed by atoms with Crippen LogP contribution < -0.4 is 0 Å². The number of nitrogens with zero attached hydrogens (tertiary/aromatic N) is 2. The Morgan fingerprint density at radius 1 is 1.05 bits per heavy atom. The molecule has 0 aromatic carbocycles. The Bertz CT molecular complexity index is 536. The topological polar surface area (TPSA) is 24.7 Å². The molecule has 0 aliphatic heterocycles. The van der Waals surface area contributed by atoms with E-state index in [-0.39, 0.29) is 0 Å². The van der Waals surface area contributed by atoms with Gasteiger partial charge in [-0.3, -0.25) is 9.98 Å². The second-order valence-electron chi connectivity index (χ2n) is 3.80. The molecule has 0 fully saturated rings. The lowest BCUT2D eigenvalue weighted by atomic mass is 10.2. The second kappa shape index (κ2) is 8.59. The van der Waals surface area contributed by atoms with Crippen LogP contribution in [0.2, 0.25) is 0 Å². The Kier molecular flexibility index (Phi) is 6.59. The van der Waals surface area contributed by atoms with Crippen LogP contribution in [0.15, 0.2) is 94.8 Å². The summed E-state index contributed by atoms with van der Waals surface area (Å²) in [5.74, 6) is 0. The molecule has 0 saturated heterocycles. The zero-order valence-corrected chi connectivity index (χ0v) is 11.2. The average molecular weight is 250 g/mol. The second-order valence-corrected chi connectivity index (χ2v) is 3.80. The standard InChI is InChI=1S/C17H18N2/c1-4-18-11-8-6-7-9-16(10-12-19-5-2)14-17-13-15(17)3/h4-14H,1-2H2,3H3/b8-6+,9-7-,16-10+,17-14-,18-11?,19-12?. The van der Waals surface area contributed by atoms with E-state index >= 15 is 0 Å². The minimum atomic E-state index is 1.08. The Morgan fingerprint density at radius 2 is 1.74 bits per heavy atom. The fraction of sp³-hybridized carbons (Fsp3) is 0.0588.